The highest BCUT2D eigenvalue weighted by Gasteiger charge is 2.13. The fraction of sp³-hybridized carbons (Fsp3) is 0.0714. The van der Waals surface area contributed by atoms with Crippen molar-refractivity contribution >= 4 is 34.4 Å². The molecule has 4 rings (SSSR count). The van der Waals surface area contributed by atoms with E-state index in [2.05, 4.69) is 5.32 Å². The van der Waals surface area contributed by atoms with E-state index in [1.54, 1.807) is 67.2 Å². The fourth-order valence-corrected chi connectivity index (χ4v) is 3.53. The number of hydrogen-bond acceptors (Lipinski definition) is 5. The summed E-state index contributed by atoms with van der Waals surface area (Å²) in [5.41, 5.74) is 3.58. The molecule has 0 radical (unpaired) electrons. The van der Waals surface area contributed by atoms with E-state index >= 15 is 0 Å². The van der Waals surface area contributed by atoms with Gasteiger partial charge in [0.25, 0.3) is 11.8 Å². The van der Waals surface area contributed by atoms with Crippen molar-refractivity contribution in [2.75, 3.05) is 19.0 Å². The molecule has 0 aliphatic rings. The minimum Gasteiger partial charge on any atom is -0.497 e. The topological polar surface area (TPSA) is 96.9 Å². The van der Waals surface area contributed by atoms with Gasteiger partial charge in [-0.3, -0.25) is 14.8 Å². The van der Waals surface area contributed by atoms with Gasteiger partial charge in [0.2, 0.25) is 0 Å². The number of carbonyl (C=O) groups is 2. The highest BCUT2D eigenvalue weighted by molar-refractivity contribution is 6.07. The standard InChI is InChI=1S/C28H24N2O5/c1-34-24-15-13-23(14-16-24)29-27(31)22(17-19-9-11-21(12-10-19)28(32)30-33)18-35-26-8-4-6-20-5-2-3-7-25(20)26/h2-17,33H,18H2,1H3,(H,29,31)(H,30,32). The Morgan fingerprint density at radius 3 is 2.31 bits per heavy atom. The van der Waals surface area contributed by atoms with Crippen LogP contribution in [-0.2, 0) is 4.79 Å². The summed E-state index contributed by atoms with van der Waals surface area (Å²) in [6.07, 6.45) is 1.70. The maximum absolute atomic E-state index is 13.2. The van der Waals surface area contributed by atoms with Crippen LogP contribution in [-0.4, -0.2) is 30.7 Å². The molecule has 7 heteroatoms. The Morgan fingerprint density at radius 1 is 0.886 bits per heavy atom. The van der Waals surface area contributed by atoms with E-state index in [0.29, 0.717) is 33.9 Å². The molecule has 7 nitrogen and oxygen atoms in total. The highest BCUT2D eigenvalue weighted by Crippen LogP contribution is 2.26. The number of ether oxygens (including phenoxy) is 2. The number of rotatable bonds is 8. The van der Waals surface area contributed by atoms with Gasteiger partial charge in [-0.1, -0.05) is 48.5 Å². The SMILES string of the molecule is COc1ccc(NC(=O)C(=Cc2ccc(C(=O)NO)cc2)COc2cccc3ccccc23)cc1. The summed E-state index contributed by atoms with van der Waals surface area (Å²) >= 11 is 0. The number of anilines is 1. The first kappa shape index (κ1) is 23.5. The van der Waals surface area contributed by atoms with Crippen molar-refractivity contribution < 1.29 is 24.3 Å². The number of hydroxylamine groups is 1. The molecule has 0 spiro atoms. The van der Waals surface area contributed by atoms with Crippen LogP contribution in [0.1, 0.15) is 15.9 Å². The summed E-state index contributed by atoms with van der Waals surface area (Å²) in [7, 11) is 1.58. The number of hydrogen-bond donors (Lipinski definition) is 3. The molecule has 2 amide bonds. The van der Waals surface area contributed by atoms with Crippen LogP contribution < -0.4 is 20.3 Å². The zero-order valence-corrected chi connectivity index (χ0v) is 19.0. The monoisotopic (exact) mass is 468 g/mol. The molecule has 0 atom stereocenters. The van der Waals surface area contributed by atoms with Crippen LogP contribution in [0, 0.1) is 0 Å². The van der Waals surface area contributed by atoms with E-state index in [-0.39, 0.29) is 12.5 Å². The molecular weight excluding hydrogens is 444 g/mol. The highest BCUT2D eigenvalue weighted by atomic mass is 16.5. The normalized spacial score (nSPS) is 11.1. The van der Waals surface area contributed by atoms with Crippen LogP contribution in [0.25, 0.3) is 16.8 Å². The van der Waals surface area contributed by atoms with Gasteiger partial charge in [0, 0.05) is 16.6 Å². The Hall–Kier alpha value is -4.62. The molecule has 0 heterocycles. The number of benzene rings is 4. The molecule has 0 aliphatic heterocycles. The third-order valence-electron chi connectivity index (χ3n) is 5.39. The van der Waals surface area contributed by atoms with Crippen LogP contribution >= 0.6 is 0 Å². The van der Waals surface area contributed by atoms with Crippen molar-refractivity contribution in [2.24, 2.45) is 0 Å². The third kappa shape index (κ3) is 5.85. The zero-order chi connectivity index (χ0) is 24.6. The lowest BCUT2D eigenvalue weighted by Gasteiger charge is -2.13. The molecule has 0 aromatic heterocycles. The second kappa shape index (κ2) is 11.0. The lowest BCUT2D eigenvalue weighted by molar-refractivity contribution is -0.113. The van der Waals surface area contributed by atoms with Crippen LogP contribution in [0.4, 0.5) is 5.69 Å². The lowest BCUT2D eigenvalue weighted by atomic mass is 10.1. The first-order chi connectivity index (χ1) is 17.1. The van der Waals surface area contributed by atoms with Gasteiger partial charge >= 0.3 is 0 Å². The molecule has 0 aliphatic carbocycles. The molecule has 3 N–H and O–H groups in total. The predicted molar refractivity (Wildman–Crippen MR) is 135 cm³/mol. The lowest BCUT2D eigenvalue weighted by Crippen LogP contribution is -2.19. The largest absolute Gasteiger partial charge is 0.497 e. The summed E-state index contributed by atoms with van der Waals surface area (Å²) in [5, 5.41) is 13.7. The molecule has 0 unspecified atom stereocenters. The van der Waals surface area contributed by atoms with E-state index in [0.717, 1.165) is 10.8 Å². The molecule has 0 bridgehead atoms. The molecule has 176 valence electrons. The molecule has 0 saturated heterocycles. The van der Waals surface area contributed by atoms with Gasteiger partial charge in [0.1, 0.15) is 18.1 Å². The zero-order valence-electron chi connectivity index (χ0n) is 19.0. The Labute approximate surface area is 202 Å². The van der Waals surface area contributed by atoms with Crippen LogP contribution in [0.2, 0.25) is 0 Å². The van der Waals surface area contributed by atoms with E-state index in [1.807, 2.05) is 42.5 Å². The van der Waals surface area contributed by atoms with Crippen molar-refractivity contribution in [2.45, 2.75) is 0 Å². The number of methoxy groups -OCH3 is 1. The maximum atomic E-state index is 13.2. The first-order valence-electron chi connectivity index (χ1n) is 10.9. The average molecular weight is 469 g/mol. The predicted octanol–water partition coefficient (Wildman–Crippen LogP) is 5.07. The maximum Gasteiger partial charge on any atom is 0.274 e. The van der Waals surface area contributed by atoms with Gasteiger partial charge in [-0.05, 0) is 59.5 Å². The Bertz CT molecular complexity index is 1360. The van der Waals surface area contributed by atoms with Crippen molar-refractivity contribution in [1.29, 1.82) is 0 Å². The summed E-state index contributed by atoms with van der Waals surface area (Å²) < 4.78 is 11.3. The van der Waals surface area contributed by atoms with Crippen LogP contribution in [0.3, 0.4) is 0 Å². The summed E-state index contributed by atoms with van der Waals surface area (Å²) in [5.74, 6) is 0.413. The summed E-state index contributed by atoms with van der Waals surface area (Å²) in [6.45, 7) is 0.0227. The average Bonchev–Trinajstić information content (AvgIpc) is 2.91. The van der Waals surface area contributed by atoms with Gasteiger partial charge in [-0.25, -0.2) is 5.48 Å². The van der Waals surface area contributed by atoms with Crippen LogP contribution in [0.5, 0.6) is 11.5 Å². The molecule has 35 heavy (non-hydrogen) atoms. The van der Waals surface area contributed by atoms with E-state index < -0.39 is 5.91 Å². The van der Waals surface area contributed by atoms with Gasteiger partial charge in [-0.15, -0.1) is 0 Å². The molecule has 4 aromatic carbocycles. The minimum absolute atomic E-state index is 0.0227. The molecule has 4 aromatic rings. The smallest absolute Gasteiger partial charge is 0.274 e. The Balaban J connectivity index is 1.60. The number of amides is 2. The second-order valence-corrected chi connectivity index (χ2v) is 7.68. The molecule has 0 saturated carbocycles. The van der Waals surface area contributed by atoms with E-state index in [1.165, 1.54) is 0 Å². The number of nitrogens with one attached hydrogen (secondary N) is 2. The second-order valence-electron chi connectivity index (χ2n) is 7.68. The summed E-state index contributed by atoms with van der Waals surface area (Å²) in [4.78, 5) is 24.8. The Kier molecular flexibility index (Phi) is 7.40. The van der Waals surface area contributed by atoms with E-state index in [9.17, 15) is 9.59 Å². The summed E-state index contributed by atoms with van der Waals surface area (Å²) in [6, 6.07) is 27.1. The van der Waals surface area contributed by atoms with Crippen molar-refractivity contribution in [3.8, 4) is 11.5 Å². The van der Waals surface area contributed by atoms with Gasteiger partial charge in [0.15, 0.2) is 0 Å². The number of carbonyl (C=O) groups excluding carboxylic acids is 2. The fourth-order valence-electron chi connectivity index (χ4n) is 3.53. The van der Waals surface area contributed by atoms with Gasteiger partial charge in [0.05, 0.1) is 12.7 Å². The van der Waals surface area contributed by atoms with Crippen LogP contribution in [0.15, 0.2) is 96.6 Å². The Morgan fingerprint density at radius 2 is 1.60 bits per heavy atom. The van der Waals surface area contributed by atoms with Crippen molar-refractivity contribution in [1.82, 2.24) is 5.48 Å². The number of fused-ring (bicyclic) bond motifs is 1. The van der Waals surface area contributed by atoms with Gasteiger partial charge in [-0.2, -0.15) is 0 Å². The van der Waals surface area contributed by atoms with E-state index in [4.69, 9.17) is 14.7 Å². The van der Waals surface area contributed by atoms with Gasteiger partial charge < -0.3 is 14.8 Å². The van der Waals surface area contributed by atoms with Crippen molar-refractivity contribution in [3.63, 3.8) is 0 Å². The van der Waals surface area contributed by atoms with Crippen molar-refractivity contribution in [3.05, 3.63) is 108 Å². The molecule has 0 fully saturated rings. The quantitative estimate of drug-likeness (QED) is 0.191. The first-order valence-corrected chi connectivity index (χ1v) is 10.9. The minimum atomic E-state index is -0.614. The molecular formula is C28H24N2O5. The third-order valence-corrected chi connectivity index (χ3v) is 5.39.